The molecule has 1 aromatic carbocycles. The van der Waals surface area contributed by atoms with Crippen molar-refractivity contribution in [2.75, 3.05) is 13.2 Å². The predicted molar refractivity (Wildman–Crippen MR) is 92.3 cm³/mol. The van der Waals surface area contributed by atoms with Crippen molar-refractivity contribution >= 4 is 16.0 Å². The summed E-state index contributed by atoms with van der Waals surface area (Å²) in [6.07, 6.45) is 4.21. The average molecular weight is 354 g/mol. The van der Waals surface area contributed by atoms with Crippen LogP contribution in [0.2, 0.25) is 0 Å². The molecule has 134 valence electrons. The molecule has 0 radical (unpaired) electrons. The monoisotopic (exact) mass is 354 g/mol. The number of rotatable bonds is 7. The number of hydrogen-bond acceptors (Lipinski definition) is 5. The van der Waals surface area contributed by atoms with Crippen LogP contribution in [-0.2, 0) is 14.8 Å². The molecule has 3 N–H and O–H groups in total. The van der Waals surface area contributed by atoms with Gasteiger partial charge in [-0.15, -0.1) is 0 Å². The van der Waals surface area contributed by atoms with Crippen LogP contribution in [0.4, 0.5) is 0 Å². The highest BCUT2D eigenvalue weighted by Crippen LogP contribution is 2.28. The fraction of sp³-hybridized carbons (Fsp3) is 0.588. The predicted octanol–water partition coefficient (Wildman–Crippen LogP) is 1.97. The summed E-state index contributed by atoms with van der Waals surface area (Å²) < 4.78 is 33.3. The maximum absolute atomic E-state index is 12.8. The first-order chi connectivity index (χ1) is 11.4. The van der Waals surface area contributed by atoms with E-state index in [2.05, 4.69) is 4.72 Å². The fourth-order valence-electron chi connectivity index (χ4n) is 3.19. The van der Waals surface area contributed by atoms with Crippen molar-refractivity contribution in [2.45, 2.75) is 50.5 Å². The lowest BCUT2D eigenvalue weighted by atomic mass is 9.99. The molecule has 0 heterocycles. The second-order valence-corrected chi connectivity index (χ2v) is 7.89. The van der Waals surface area contributed by atoms with Crippen LogP contribution in [0.25, 0.3) is 0 Å². The number of nitrogens with one attached hydrogen (secondary N) is 1. The second-order valence-electron chi connectivity index (χ2n) is 6.21. The number of carbonyl (C=O) groups is 1. The van der Waals surface area contributed by atoms with E-state index in [1.807, 2.05) is 0 Å². The maximum atomic E-state index is 12.8. The standard InChI is InChI=1S/C17H26N2O4S/c1-3-23-17(20)14-9-8-12(2)16(10-14)24(21,22)19-15(11-18)13-6-4-5-7-13/h8-10,13,15,19H,3-7,11,18H2,1-2H3. The molecular formula is C17H26N2O4S. The van der Waals surface area contributed by atoms with Gasteiger partial charge in [0, 0.05) is 12.6 Å². The zero-order valence-electron chi connectivity index (χ0n) is 14.2. The number of ether oxygens (including phenoxy) is 1. The summed E-state index contributed by atoms with van der Waals surface area (Å²) in [6.45, 7) is 3.92. The van der Waals surface area contributed by atoms with Crippen LogP contribution >= 0.6 is 0 Å². The Morgan fingerprint density at radius 1 is 1.38 bits per heavy atom. The number of nitrogens with two attached hydrogens (primary N) is 1. The molecule has 0 amide bonds. The molecule has 0 spiro atoms. The Kier molecular flexibility index (Phi) is 6.37. The molecule has 1 aliphatic carbocycles. The van der Waals surface area contributed by atoms with E-state index in [-0.39, 0.29) is 35.6 Å². The Morgan fingerprint density at radius 3 is 2.62 bits per heavy atom. The van der Waals surface area contributed by atoms with Crippen molar-refractivity contribution < 1.29 is 17.9 Å². The molecule has 1 atom stereocenters. The zero-order valence-corrected chi connectivity index (χ0v) is 15.1. The summed E-state index contributed by atoms with van der Waals surface area (Å²) in [6, 6.07) is 4.29. The number of sulfonamides is 1. The highest BCUT2D eigenvalue weighted by atomic mass is 32.2. The topological polar surface area (TPSA) is 98.5 Å². The van der Waals surface area contributed by atoms with Crippen molar-refractivity contribution in [1.29, 1.82) is 0 Å². The highest BCUT2D eigenvalue weighted by Gasteiger charge is 2.29. The van der Waals surface area contributed by atoms with Gasteiger partial charge in [0.2, 0.25) is 10.0 Å². The average Bonchev–Trinajstić information content (AvgIpc) is 3.07. The van der Waals surface area contributed by atoms with E-state index >= 15 is 0 Å². The van der Waals surface area contributed by atoms with Gasteiger partial charge in [0.15, 0.2) is 0 Å². The smallest absolute Gasteiger partial charge is 0.338 e. The minimum absolute atomic E-state index is 0.101. The first-order valence-electron chi connectivity index (χ1n) is 8.39. The van der Waals surface area contributed by atoms with Crippen LogP contribution in [0.15, 0.2) is 23.1 Å². The molecule has 0 aromatic heterocycles. The molecule has 1 fully saturated rings. The largest absolute Gasteiger partial charge is 0.462 e. The van der Waals surface area contributed by atoms with Gasteiger partial charge in [-0.1, -0.05) is 18.9 Å². The Labute approximate surface area is 143 Å². The van der Waals surface area contributed by atoms with Gasteiger partial charge in [0.25, 0.3) is 0 Å². The summed E-state index contributed by atoms with van der Waals surface area (Å²) in [5, 5.41) is 0. The maximum Gasteiger partial charge on any atom is 0.338 e. The van der Waals surface area contributed by atoms with Gasteiger partial charge in [0.1, 0.15) is 0 Å². The molecule has 0 bridgehead atoms. The first kappa shape index (κ1) is 18.9. The van der Waals surface area contributed by atoms with Crippen molar-refractivity contribution in [3.05, 3.63) is 29.3 Å². The molecule has 7 heteroatoms. The van der Waals surface area contributed by atoms with E-state index in [1.165, 1.54) is 6.07 Å². The minimum atomic E-state index is -3.75. The quantitative estimate of drug-likeness (QED) is 0.730. The Balaban J connectivity index is 2.27. The van der Waals surface area contributed by atoms with Crippen LogP contribution in [0.1, 0.15) is 48.5 Å². The second kappa shape index (κ2) is 8.09. The highest BCUT2D eigenvalue weighted by molar-refractivity contribution is 7.89. The summed E-state index contributed by atoms with van der Waals surface area (Å²) in [7, 11) is -3.75. The van der Waals surface area contributed by atoms with Gasteiger partial charge in [-0.2, -0.15) is 0 Å². The third kappa shape index (κ3) is 4.34. The van der Waals surface area contributed by atoms with Crippen LogP contribution in [0, 0.1) is 12.8 Å². The normalized spacial score (nSPS) is 17.0. The Hall–Kier alpha value is -1.44. The zero-order chi connectivity index (χ0) is 17.7. The molecule has 1 saturated carbocycles. The molecular weight excluding hydrogens is 328 g/mol. The number of esters is 1. The van der Waals surface area contributed by atoms with Gasteiger partial charge in [0.05, 0.1) is 17.1 Å². The van der Waals surface area contributed by atoms with E-state index in [0.29, 0.717) is 5.56 Å². The van der Waals surface area contributed by atoms with Crippen molar-refractivity contribution in [3.8, 4) is 0 Å². The molecule has 24 heavy (non-hydrogen) atoms. The minimum Gasteiger partial charge on any atom is -0.462 e. The van der Waals surface area contributed by atoms with E-state index in [0.717, 1.165) is 25.7 Å². The van der Waals surface area contributed by atoms with E-state index in [9.17, 15) is 13.2 Å². The Morgan fingerprint density at radius 2 is 2.04 bits per heavy atom. The van der Waals surface area contributed by atoms with Crippen LogP contribution in [0.5, 0.6) is 0 Å². The van der Waals surface area contributed by atoms with E-state index < -0.39 is 16.0 Å². The molecule has 6 nitrogen and oxygen atoms in total. The lowest BCUT2D eigenvalue weighted by molar-refractivity contribution is 0.0526. The summed E-state index contributed by atoms with van der Waals surface area (Å²) in [5.74, 6) is -0.251. The number of hydrogen-bond donors (Lipinski definition) is 2. The summed E-state index contributed by atoms with van der Waals surface area (Å²) >= 11 is 0. The lowest BCUT2D eigenvalue weighted by Crippen LogP contribution is -2.44. The molecule has 1 unspecified atom stereocenters. The van der Waals surface area contributed by atoms with Crippen molar-refractivity contribution in [1.82, 2.24) is 4.72 Å². The van der Waals surface area contributed by atoms with Crippen LogP contribution < -0.4 is 10.5 Å². The van der Waals surface area contributed by atoms with Crippen molar-refractivity contribution in [2.24, 2.45) is 11.7 Å². The van der Waals surface area contributed by atoms with E-state index in [1.54, 1.807) is 26.0 Å². The summed E-state index contributed by atoms with van der Waals surface area (Å²) in [4.78, 5) is 12.0. The fourth-order valence-corrected chi connectivity index (χ4v) is 4.78. The van der Waals surface area contributed by atoms with E-state index in [4.69, 9.17) is 10.5 Å². The third-order valence-electron chi connectivity index (χ3n) is 4.52. The third-order valence-corrected chi connectivity index (χ3v) is 6.15. The van der Waals surface area contributed by atoms with Gasteiger partial charge in [-0.3, -0.25) is 0 Å². The number of carbonyl (C=O) groups excluding carboxylic acids is 1. The number of benzene rings is 1. The van der Waals surface area contributed by atoms with Crippen molar-refractivity contribution in [3.63, 3.8) is 0 Å². The van der Waals surface area contributed by atoms with Gasteiger partial charge in [-0.05, 0) is 50.3 Å². The van der Waals surface area contributed by atoms with Gasteiger partial charge < -0.3 is 10.5 Å². The lowest BCUT2D eigenvalue weighted by Gasteiger charge is -2.23. The summed E-state index contributed by atoms with van der Waals surface area (Å²) in [5.41, 5.74) is 6.60. The number of aryl methyl sites for hydroxylation is 1. The SMILES string of the molecule is CCOC(=O)c1ccc(C)c(S(=O)(=O)NC(CN)C2CCCC2)c1. The van der Waals surface area contributed by atoms with Crippen LogP contribution in [0.3, 0.4) is 0 Å². The van der Waals surface area contributed by atoms with Gasteiger partial charge >= 0.3 is 5.97 Å². The molecule has 1 aliphatic rings. The first-order valence-corrected chi connectivity index (χ1v) is 9.87. The molecule has 1 aromatic rings. The Bertz CT molecular complexity index is 682. The van der Waals surface area contributed by atoms with Crippen LogP contribution in [-0.4, -0.2) is 33.6 Å². The molecule has 0 saturated heterocycles. The molecule has 0 aliphatic heterocycles. The molecule has 2 rings (SSSR count). The van der Waals surface area contributed by atoms with Gasteiger partial charge in [-0.25, -0.2) is 17.9 Å².